The van der Waals surface area contributed by atoms with Crippen molar-refractivity contribution < 1.29 is 0 Å². The van der Waals surface area contributed by atoms with E-state index in [-0.39, 0.29) is 23.9 Å². The van der Waals surface area contributed by atoms with Crippen LogP contribution in [0, 0.1) is 0 Å². The molecule has 1 aliphatic heterocycles. The monoisotopic (exact) mass is 333 g/mol. The third-order valence-corrected chi connectivity index (χ3v) is 4.40. The van der Waals surface area contributed by atoms with Crippen molar-refractivity contribution in [3.05, 3.63) is 69.6 Å². The van der Waals surface area contributed by atoms with Gasteiger partial charge in [-0.2, -0.15) is 0 Å². The van der Waals surface area contributed by atoms with Crippen LogP contribution in [-0.4, -0.2) is 30.0 Å². The number of pyridine rings is 1. The average molecular weight is 334 g/mol. The van der Waals surface area contributed by atoms with Gasteiger partial charge in [0.2, 0.25) is 0 Å². The maximum atomic E-state index is 12.4. The summed E-state index contributed by atoms with van der Waals surface area (Å²) in [4.78, 5) is 18.1. The van der Waals surface area contributed by atoms with Gasteiger partial charge in [-0.15, -0.1) is 12.4 Å². The van der Waals surface area contributed by atoms with Gasteiger partial charge in [0.15, 0.2) is 5.43 Å². The zero-order valence-electron chi connectivity index (χ0n) is 13.4. The molecule has 0 amide bonds. The molecule has 0 radical (unpaired) electrons. The second-order valence-corrected chi connectivity index (χ2v) is 5.85. The molecule has 2 aromatic rings. The molecule has 0 saturated heterocycles. The van der Waals surface area contributed by atoms with Crippen molar-refractivity contribution in [3.63, 3.8) is 0 Å². The molecule has 2 N–H and O–H groups in total. The zero-order chi connectivity index (χ0) is 15.4. The fourth-order valence-electron chi connectivity index (χ4n) is 3.32. The fourth-order valence-corrected chi connectivity index (χ4v) is 3.32. The second-order valence-electron chi connectivity index (χ2n) is 5.85. The molecule has 1 aliphatic rings. The predicted molar refractivity (Wildman–Crippen MR) is 96.2 cm³/mol. The van der Waals surface area contributed by atoms with Crippen LogP contribution < -0.4 is 10.7 Å². The first-order valence-electron chi connectivity index (χ1n) is 7.92. The van der Waals surface area contributed by atoms with Gasteiger partial charge >= 0.3 is 0 Å². The minimum atomic E-state index is 0. The molecule has 3 rings (SSSR count). The number of aromatic amines is 1. The number of hydrogen-bond acceptors (Lipinski definition) is 3. The van der Waals surface area contributed by atoms with Gasteiger partial charge in [0.1, 0.15) is 0 Å². The van der Waals surface area contributed by atoms with Crippen LogP contribution in [-0.2, 0) is 13.0 Å². The summed E-state index contributed by atoms with van der Waals surface area (Å²) in [6.07, 6.45) is 3.63. The summed E-state index contributed by atoms with van der Waals surface area (Å²) in [6.45, 7) is 2.78. The van der Waals surface area contributed by atoms with Gasteiger partial charge in [-0.25, -0.2) is 0 Å². The molecule has 124 valence electrons. The predicted octanol–water partition coefficient (Wildman–Crippen LogP) is 2.51. The molecular formula is C18H24ClN3O. The van der Waals surface area contributed by atoms with Crippen molar-refractivity contribution >= 4 is 12.4 Å². The summed E-state index contributed by atoms with van der Waals surface area (Å²) in [5.41, 5.74) is 3.53. The summed E-state index contributed by atoms with van der Waals surface area (Å²) in [6, 6.07) is 12.3. The van der Waals surface area contributed by atoms with Crippen LogP contribution in [0.1, 0.15) is 29.3 Å². The highest BCUT2D eigenvalue weighted by Gasteiger charge is 2.29. The molecule has 0 saturated carbocycles. The van der Waals surface area contributed by atoms with E-state index in [0.717, 1.165) is 43.7 Å². The fraction of sp³-hybridized carbons (Fsp3) is 0.389. The topological polar surface area (TPSA) is 48.1 Å². The number of hydrogen-bond donors (Lipinski definition) is 2. The Morgan fingerprint density at radius 2 is 2.04 bits per heavy atom. The average Bonchev–Trinajstić information content (AvgIpc) is 2.55. The molecule has 5 heteroatoms. The molecule has 1 atom stereocenters. The Kier molecular flexibility index (Phi) is 6.39. The van der Waals surface area contributed by atoms with Crippen LogP contribution in [0.3, 0.4) is 0 Å². The number of benzene rings is 1. The van der Waals surface area contributed by atoms with E-state index in [0.29, 0.717) is 0 Å². The molecule has 2 heterocycles. The van der Waals surface area contributed by atoms with E-state index in [2.05, 4.69) is 39.5 Å². The van der Waals surface area contributed by atoms with E-state index >= 15 is 0 Å². The van der Waals surface area contributed by atoms with Crippen LogP contribution in [0.2, 0.25) is 0 Å². The maximum absolute atomic E-state index is 12.4. The van der Waals surface area contributed by atoms with Crippen LogP contribution in [0.5, 0.6) is 0 Å². The van der Waals surface area contributed by atoms with Crippen LogP contribution in [0.4, 0.5) is 0 Å². The lowest BCUT2D eigenvalue weighted by molar-refractivity contribution is 0.164. The number of halogens is 1. The van der Waals surface area contributed by atoms with E-state index in [4.69, 9.17) is 0 Å². The van der Waals surface area contributed by atoms with Crippen LogP contribution in [0.25, 0.3) is 0 Å². The highest BCUT2D eigenvalue weighted by molar-refractivity contribution is 5.85. The van der Waals surface area contributed by atoms with Crippen molar-refractivity contribution in [1.29, 1.82) is 0 Å². The third kappa shape index (κ3) is 4.02. The van der Waals surface area contributed by atoms with E-state index in [1.807, 2.05) is 13.1 Å². The number of H-pyrrole nitrogens is 1. The highest BCUT2D eigenvalue weighted by Crippen LogP contribution is 2.30. The molecule has 1 aromatic carbocycles. The lowest BCUT2D eigenvalue weighted by Crippen LogP contribution is -2.39. The normalized spacial score (nSPS) is 17.3. The van der Waals surface area contributed by atoms with Gasteiger partial charge in [-0.3, -0.25) is 9.69 Å². The van der Waals surface area contributed by atoms with E-state index in [1.54, 1.807) is 12.3 Å². The molecule has 0 bridgehead atoms. The molecule has 0 fully saturated rings. The van der Waals surface area contributed by atoms with E-state index in [1.165, 1.54) is 5.56 Å². The molecule has 1 unspecified atom stereocenters. The van der Waals surface area contributed by atoms with Gasteiger partial charge in [-0.05, 0) is 25.6 Å². The largest absolute Gasteiger partial charge is 0.364 e. The summed E-state index contributed by atoms with van der Waals surface area (Å²) in [5, 5.41) is 3.21. The summed E-state index contributed by atoms with van der Waals surface area (Å²) in [7, 11) is 1.96. The first-order chi connectivity index (χ1) is 10.8. The van der Waals surface area contributed by atoms with Crippen molar-refractivity contribution in [2.45, 2.75) is 25.4 Å². The van der Waals surface area contributed by atoms with E-state index < -0.39 is 0 Å². The van der Waals surface area contributed by atoms with Gasteiger partial charge in [-0.1, -0.05) is 30.3 Å². The number of nitrogens with zero attached hydrogens (tertiary/aromatic N) is 1. The molecule has 0 aliphatic carbocycles. The quantitative estimate of drug-likeness (QED) is 0.884. The molecule has 4 nitrogen and oxygen atoms in total. The number of aromatic nitrogens is 1. The van der Waals surface area contributed by atoms with Crippen LogP contribution in [0.15, 0.2) is 47.4 Å². The van der Waals surface area contributed by atoms with Gasteiger partial charge < -0.3 is 10.3 Å². The first-order valence-corrected chi connectivity index (χ1v) is 7.92. The summed E-state index contributed by atoms with van der Waals surface area (Å²) in [5.74, 6) is 0. The lowest BCUT2D eigenvalue weighted by atomic mass is 9.93. The SMILES string of the molecule is CNCCC1c2c([nH]ccc2=O)CCN1Cc1ccccc1.Cl. The standard InChI is InChI=1S/C18H23N3O.ClH/c1-19-10-7-16-18-15(20-11-8-17(18)22)9-12-21(16)13-14-5-3-2-4-6-14;/h2-6,8,11,16,19H,7,9-10,12-13H2,1H3,(H,20,22);1H. The second kappa shape index (κ2) is 8.29. The van der Waals surface area contributed by atoms with E-state index in [9.17, 15) is 4.79 Å². The van der Waals surface area contributed by atoms with Crippen molar-refractivity contribution in [2.75, 3.05) is 20.1 Å². The summed E-state index contributed by atoms with van der Waals surface area (Å²) < 4.78 is 0. The number of rotatable bonds is 5. The van der Waals surface area contributed by atoms with Crippen LogP contribution >= 0.6 is 12.4 Å². The van der Waals surface area contributed by atoms with Crippen molar-refractivity contribution in [2.24, 2.45) is 0 Å². The van der Waals surface area contributed by atoms with Crippen molar-refractivity contribution in [1.82, 2.24) is 15.2 Å². The number of nitrogens with one attached hydrogen (secondary N) is 2. The molecule has 0 spiro atoms. The number of fused-ring (bicyclic) bond motifs is 1. The lowest BCUT2D eigenvalue weighted by Gasteiger charge is -2.36. The minimum Gasteiger partial charge on any atom is -0.364 e. The zero-order valence-corrected chi connectivity index (χ0v) is 14.2. The Balaban J connectivity index is 0.00000192. The molecule has 1 aromatic heterocycles. The van der Waals surface area contributed by atoms with Gasteiger partial charge in [0.25, 0.3) is 0 Å². The first kappa shape index (κ1) is 17.7. The molecule has 23 heavy (non-hydrogen) atoms. The maximum Gasteiger partial charge on any atom is 0.186 e. The third-order valence-electron chi connectivity index (χ3n) is 4.40. The highest BCUT2D eigenvalue weighted by atomic mass is 35.5. The summed E-state index contributed by atoms with van der Waals surface area (Å²) >= 11 is 0. The Morgan fingerprint density at radius 3 is 2.78 bits per heavy atom. The van der Waals surface area contributed by atoms with Gasteiger partial charge in [0.05, 0.1) is 0 Å². The minimum absolute atomic E-state index is 0. The smallest absolute Gasteiger partial charge is 0.186 e. The van der Waals surface area contributed by atoms with Gasteiger partial charge in [0, 0.05) is 49.1 Å². The Bertz CT molecular complexity index is 671. The Labute approximate surface area is 143 Å². The molecular weight excluding hydrogens is 310 g/mol. The Morgan fingerprint density at radius 1 is 1.26 bits per heavy atom. The van der Waals surface area contributed by atoms with Crippen molar-refractivity contribution in [3.8, 4) is 0 Å². The Hall–Kier alpha value is -1.62.